The van der Waals surface area contributed by atoms with Crippen molar-refractivity contribution in [3.05, 3.63) is 59.9 Å². The van der Waals surface area contributed by atoms with Gasteiger partial charge in [-0.2, -0.15) is 0 Å². The quantitative estimate of drug-likeness (QED) is 0.604. The molecule has 0 aliphatic carbocycles. The van der Waals surface area contributed by atoms with Gasteiger partial charge in [0.15, 0.2) is 0 Å². The van der Waals surface area contributed by atoms with Crippen LogP contribution >= 0.6 is 11.8 Å². The SMILES string of the molecule is CSc1cccc(NC(=O)N[C@@H]2CCN3C(=O)[C@H](Cc4ccc(F)cc4)NC(=O)[C@@H]3C2)c1. The van der Waals surface area contributed by atoms with E-state index in [0.717, 1.165) is 10.5 Å². The second kappa shape index (κ2) is 9.60. The molecule has 2 aliphatic rings. The lowest BCUT2D eigenvalue weighted by molar-refractivity contribution is -0.151. The fourth-order valence-electron chi connectivity index (χ4n) is 4.19. The van der Waals surface area contributed by atoms with Gasteiger partial charge in [-0.3, -0.25) is 9.59 Å². The predicted octanol–water partition coefficient (Wildman–Crippen LogP) is 2.77. The average Bonchev–Trinajstić information content (AvgIpc) is 2.79. The Morgan fingerprint density at radius 2 is 2.00 bits per heavy atom. The number of carbonyl (C=O) groups excluding carboxylic acids is 3. The van der Waals surface area contributed by atoms with Gasteiger partial charge in [0.2, 0.25) is 11.8 Å². The van der Waals surface area contributed by atoms with E-state index in [1.165, 1.54) is 12.1 Å². The highest BCUT2D eigenvalue weighted by atomic mass is 32.2. The van der Waals surface area contributed by atoms with E-state index < -0.39 is 12.1 Å². The van der Waals surface area contributed by atoms with Crippen molar-refractivity contribution < 1.29 is 18.8 Å². The van der Waals surface area contributed by atoms with Crippen LogP contribution in [0.3, 0.4) is 0 Å². The highest BCUT2D eigenvalue weighted by Crippen LogP contribution is 2.24. The van der Waals surface area contributed by atoms with Crippen molar-refractivity contribution in [3.63, 3.8) is 0 Å². The molecule has 0 unspecified atom stereocenters. The van der Waals surface area contributed by atoms with Crippen LogP contribution in [0.25, 0.3) is 0 Å². The number of piperidine rings is 1. The number of anilines is 1. The number of urea groups is 1. The van der Waals surface area contributed by atoms with Crippen molar-refractivity contribution in [1.82, 2.24) is 15.5 Å². The predicted molar refractivity (Wildman–Crippen MR) is 121 cm³/mol. The number of nitrogens with zero attached hydrogens (tertiary/aromatic N) is 1. The van der Waals surface area contributed by atoms with Crippen LogP contribution in [0.1, 0.15) is 18.4 Å². The summed E-state index contributed by atoms with van der Waals surface area (Å²) >= 11 is 1.59. The summed E-state index contributed by atoms with van der Waals surface area (Å²) < 4.78 is 13.1. The molecule has 168 valence electrons. The van der Waals surface area contributed by atoms with E-state index >= 15 is 0 Å². The first-order valence-electron chi connectivity index (χ1n) is 10.5. The molecule has 32 heavy (non-hydrogen) atoms. The lowest BCUT2D eigenvalue weighted by Gasteiger charge is -2.44. The summed E-state index contributed by atoms with van der Waals surface area (Å²) in [6, 6.07) is 11.6. The standard InChI is InChI=1S/C23H25FN4O3S/c1-32-18-4-2-3-16(12-18)25-23(31)26-17-9-10-28-20(13-17)21(29)27-19(22(28)30)11-14-5-7-15(24)8-6-14/h2-8,12,17,19-20H,9-11,13H2,1H3,(H,27,29)(H2,25,26,31)/t17-,19+,20+/m1/s1. The third kappa shape index (κ3) is 5.04. The van der Waals surface area contributed by atoms with Gasteiger partial charge in [-0.25, -0.2) is 9.18 Å². The summed E-state index contributed by atoms with van der Waals surface area (Å²) in [5, 5.41) is 8.54. The Kier molecular flexibility index (Phi) is 6.64. The van der Waals surface area contributed by atoms with E-state index in [-0.39, 0.29) is 29.7 Å². The first-order chi connectivity index (χ1) is 15.4. The molecule has 0 saturated carbocycles. The molecule has 0 radical (unpaired) electrons. The summed E-state index contributed by atoms with van der Waals surface area (Å²) in [6.45, 7) is 0.393. The van der Waals surface area contributed by atoms with Crippen LogP contribution in [0, 0.1) is 5.82 Å². The van der Waals surface area contributed by atoms with Crippen LogP contribution in [0.4, 0.5) is 14.9 Å². The Bertz CT molecular complexity index is 1020. The molecule has 2 saturated heterocycles. The lowest BCUT2D eigenvalue weighted by atomic mass is 9.91. The molecule has 2 aromatic rings. The summed E-state index contributed by atoms with van der Waals surface area (Å²) in [7, 11) is 0. The zero-order valence-electron chi connectivity index (χ0n) is 17.6. The zero-order chi connectivity index (χ0) is 22.7. The molecule has 4 rings (SSSR count). The van der Waals surface area contributed by atoms with Crippen molar-refractivity contribution in [2.24, 2.45) is 0 Å². The molecule has 2 aromatic carbocycles. The maximum atomic E-state index is 13.1. The fourth-order valence-corrected chi connectivity index (χ4v) is 4.65. The van der Waals surface area contributed by atoms with Gasteiger partial charge in [-0.15, -0.1) is 11.8 Å². The van der Waals surface area contributed by atoms with Crippen LogP contribution in [-0.2, 0) is 16.0 Å². The highest BCUT2D eigenvalue weighted by Gasteiger charge is 2.44. The van der Waals surface area contributed by atoms with Crippen LogP contribution in [0.5, 0.6) is 0 Å². The molecule has 2 fully saturated rings. The van der Waals surface area contributed by atoms with E-state index in [2.05, 4.69) is 16.0 Å². The summed E-state index contributed by atoms with van der Waals surface area (Å²) in [4.78, 5) is 40.7. The molecule has 7 nitrogen and oxygen atoms in total. The second-order valence-corrected chi connectivity index (χ2v) is 8.87. The van der Waals surface area contributed by atoms with E-state index in [1.54, 1.807) is 28.8 Å². The fraction of sp³-hybridized carbons (Fsp3) is 0.348. The molecule has 3 atom stereocenters. The average molecular weight is 457 g/mol. The third-order valence-corrected chi connectivity index (χ3v) is 6.54. The summed E-state index contributed by atoms with van der Waals surface area (Å²) in [5.41, 5.74) is 1.48. The number of nitrogens with one attached hydrogen (secondary N) is 3. The smallest absolute Gasteiger partial charge is 0.319 e. The minimum absolute atomic E-state index is 0.143. The van der Waals surface area contributed by atoms with E-state index in [9.17, 15) is 18.8 Å². The molecule has 2 heterocycles. The molecular formula is C23H25FN4O3S. The number of amides is 4. The third-order valence-electron chi connectivity index (χ3n) is 5.82. The van der Waals surface area contributed by atoms with Gasteiger partial charge in [0.1, 0.15) is 17.9 Å². The maximum Gasteiger partial charge on any atom is 0.319 e. The van der Waals surface area contributed by atoms with Gasteiger partial charge in [-0.1, -0.05) is 18.2 Å². The van der Waals surface area contributed by atoms with Gasteiger partial charge in [0.25, 0.3) is 0 Å². The van der Waals surface area contributed by atoms with Gasteiger partial charge in [0.05, 0.1) is 0 Å². The molecule has 4 amide bonds. The second-order valence-electron chi connectivity index (χ2n) is 7.99. The number of thioether (sulfide) groups is 1. The molecule has 3 N–H and O–H groups in total. The van der Waals surface area contributed by atoms with Crippen molar-refractivity contribution in [2.45, 2.75) is 42.3 Å². The minimum atomic E-state index is -0.666. The number of carbonyl (C=O) groups is 3. The van der Waals surface area contributed by atoms with Gasteiger partial charge < -0.3 is 20.9 Å². The van der Waals surface area contributed by atoms with E-state index in [1.807, 2.05) is 30.5 Å². The van der Waals surface area contributed by atoms with Gasteiger partial charge in [-0.05, 0) is 55.0 Å². The van der Waals surface area contributed by atoms with Crippen molar-refractivity contribution in [3.8, 4) is 0 Å². The number of halogens is 1. The van der Waals surface area contributed by atoms with Crippen LogP contribution in [0.2, 0.25) is 0 Å². The number of fused-ring (bicyclic) bond motifs is 1. The highest BCUT2D eigenvalue weighted by molar-refractivity contribution is 7.98. The minimum Gasteiger partial charge on any atom is -0.342 e. The van der Waals surface area contributed by atoms with Crippen molar-refractivity contribution in [2.75, 3.05) is 18.1 Å². The topological polar surface area (TPSA) is 90.5 Å². The number of benzene rings is 2. The molecular weight excluding hydrogens is 431 g/mol. The monoisotopic (exact) mass is 456 g/mol. The van der Waals surface area contributed by atoms with Crippen LogP contribution in [0.15, 0.2) is 53.4 Å². The number of piperazine rings is 1. The number of hydrogen-bond acceptors (Lipinski definition) is 4. The summed E-state index contributed by atoms with van der Waals surface area (Å²) in [6.07, 6.45) is 3.21. The van der Waals surface area contributed by atoms with Crippen LogP contribution in [-0.4, -0.2) is 53.7 Å². The Morgan fingerprint density at radius 1 is 1.22 bits per heavy atom. The number of rotatable bonds is 5. The Balaban J connectivity index is 1.34. The van der Waals surface area contributed by atoms with Crippen molar-refractivity contribution >= 4 is 35.3 Å². The summed E-state index contributed by atoms with van der Waals surface area (Å²) in [5.74, 6) is -0.713. The first kappa shape index (κ1) is 22.1. The Labute approximate surface area is 190 Å². The molecule has 2 aliphatic heterocycles. The normalized spacial score (nSPS) is 22.7. The Hall–Kier alpha value is -3.07. The maximum absolute atomic E-state index is 13.1. The van der Waals surface area contributed by atoms with E-state index in [4.69, 9.17) is 0 Å². The molecule has 0 bridgehead atoms. The number of hydrogen-bond donors (Lipinski definition) is 3. The van der Waals surface area contributed by atoms with E-state index in [0.29, 0.717) is 31.5 Å². The zero-order valence-corrected chi connectivity index (χ0v) is 18.5. The van der Waals surface area contributed by atoms with Gasteiger partial charge >= 0.3 is 6.03 Å². The largest absolute Gasteiger partial charge is 0.342 e. The van der Waals surface area contributed by atoms with Crippen LogP contribution < -0.4 is 16.0 Å². The first-order valence-corrected chi connectivity index (χ1v) is 11.7. The molecule has 0 spiro atoms. The lowest BCUT2D eigenvalue weighted by Crippen LogP contribution is -2.67. The van der Waals surface area contributed by atoms with Gasteiger partial charge in [0, 0.05) is 29.6 Å². The Morgan fingerprint density at radius 3 is 2.75 bits per heavy atom. The van der Waals surface area contributed by atoms with Crippen molar-refractivity contribution in [1.29, 1.82) is 0 Å². The molecule has 9 heteroatoms. The molecule has 0 aromatic heterocycles.